The molecule has 0 atom stereocenters. The fraction of sp³-hybridized carbons (Fsp3) is 0.167. The van der Waals surface area contributed by atoms with Crippen LogP contribution in [0.5, 0.6) is 5.75 Å². The summed E-state index contributed by atoms with van der Waals surface area (Å²) in [6.45, 7) is 4.73. The molecule has 3 rings (SSSR count). The second-order valence-corrected chi connectivity index (χ2v) is 5.04. The summed E-state index contributed by atoms with van der Waals surface area (Å²) in [6, 6.07) is 16.4. The fourth-order valence-corrected chi connectivity index (χ4v) is 2.40. The molecule has 0 saturated carbocycles. The Hall–Kier alpha value is -2.35. The van der Waals surface area contributed by atoms with E-state index in [1.807, 2.05) is 36.5 Å². The van der Waals surface area contributed by atoms with Crippen LogP contribution in [0.1, 0.15) is 16.7 Å². The van der Waals surface area contributed by atoms with E-state index in [0.717, 1.165) is 22.2 Å². The van der Waals surface area contributed by atoms with E-state index in [0.29, 0.717) is 6.61 Å². The van der Waals surface area contributed by atoms with Gasteiger partial charge in [-0.05, 0) is 37.6 Å². The number of para-hydroxylation sites is 1. The van der Waals surface area contributed by atoms with Gasteiger partial charge >= 0.3 is 0 Å². The van der Waals surface area contributed by atoms with Gasteiger partial charge in [-0.3, -0.25) is 4.98 Å². The summed E-state index contributed by atoms with van der Waals surface area (Å²) in [4.78, 5) is 4.37. The van der Waals surface area contributed by atoms with Crippen molar-refractivity contribution < 1.29 is 4.74 Å². The summed E-state index contributed by atoms with van der Waals surface area (Å²) >= 11 is 0. The highest BCUT2D eigenvalue weighted by molar-refractivity contribution is 5.81. The number of rotatable bonds is 3. The van der Waals surface area contributed by atoms with Gasteiger partial charge in [-0.2, -0.15) is 0 Å². The predicted molar refractivity (Wildman–Crippen MR) is 82.0 cm³/mol. The zero-order valence-electron chi connectivity index (χ0n) is 11.8. The third-order valence-electron chi connectivity index (χ3n) is 3.45. The number of fused-ring (bicyclic) bond motifs is 1. The van der Waals surface area contributed by atoms with Crippen molar-refractivity contribution in [3.8, 4) is 5.75 Å². The van der Waals surface area contributed by atoms with Gasteiger partial charge in [0.1, 0.15) is 12.4 Å². The summed E-state index contributed by atoms with van der Waals surface area (Å²) in [7, 11) is 0. The number of pyridine rings is 1. The average molecular weight is 263 g/mol. The van der Waals surface area contributed by atoms with Gasteiger partial charge in [0.05, 0.1) is 5.52 Å². The molecule has 20 heavy (non-hydrogen) atoms. The summed E-state index contributed by atoms with van der Waals surface area (Å²) in [5.41, 5.74) is 4.59. The van der Waals surface area contributed by atoms with E-state index < -0.39 is 0 Å². The largest absolute Gasteiger partial charge is 0.489 e. The minimum atomic E-state index is 0.562. The summed E-state index contributed by atoms with van der Waals surface area (Å²) in [5, 5.41) is 1.15. The molecule has 2 nitrogen and oxygen atoms in total. The SMILES string of the molecule is Cc1ccc(OCc2ccnc3ccccc23)c(C)c1. The third kappa shape index (κ3) is 2.50. The number of nitrogens with zero attached hydrogens (tertiary/aromatic N) is 1. The minimum Gasteiger partial charge on any atom is -0.489 e. The first-order valence-electron chi connectivity index (χ1n) is 6.77. The molecular weight excluding hydrogens is 246 g/mol. The van der Waals surface area contributed by atoms with Crippen LogP contribution in [0.4, 0.5) is 0 Å². The quantitative estimate of drug-likeness (QED) is 0.697. The molecule has 3 aromatic rings. The van der Waals surface area contributed by atoms with Crippen molar-refractivity contribution in [3.63, 3.8) is 0 Å². The van der Waals surface area contributed by atoms with Gasteiger partial charge in [0.15, 0.2) is 0 Å². The highest BCUT2D eigenvalue weighted by atomic mass is 16.5. The smallest absolute Gasteiger partial charge is 0.122 e. The summed E-state index contributed by atoms with van der Waals surface area (Å²) in [6.07, 6.45) is 1.84. The molecule has 0 saturated heterocycles. The van der Waals surface area contributed by atoms with Crippen molar-refractivity contribution in [3.05, 3.63) is 71.4 Å². The van der Waals surface area contributed by atoms with Crippen LogP contribution < -0.4 is 4.74 Å². The zero-order valence-corrected chi connectivity index (χ0v) is 11.8. The fourth-order valence-electron chi connectivity index (χ4n) is 2.40. The number of hydrogen-bond acceptors (Lipinski definition) is 2. The normalized spacial score (nSPS) is 10.7. The molecule has 0 radical (unpaired) electrons. The summed E-state index contributed by atoms with van der Waals surface area (Å²) < 4.78 is 5.96. The molecule has 0 N–H and O–H groups in total. The molecule has 2 aromatic carbocycles. The molecule has 0 bridgehead atoms. The van der Waals surface area contributed by atoms with Crippen LogP contribution in [-0.4, -0.2) is 4.98 Å². The topological polar surface area (TPSA) is 22.1 Å². The molecule has 0 amide bonds. The lowest BCUT2D eigenvalue weighted by atomic mass is 10.1. The van der Waals surface area contributed by atoms with E-state index in [9.17, 15) is 0 Å². The highest BCUT2D eigenvalue weighted by Crippen LogP contribution is 2.22. The Balaban J connectivity index is 1.87. The van der Waals surface area contributed by atoms with Crippen LogP contribution in [-0.2, 0) is 6.61 Å². The highest BCUT2D eigenvalue weighted by Gasteiger charge is 2.04. The molecule has 2 heteroatoms. The first-order valence-corrected chi connectivity index (χ1v) is 6.77. The third-order valence-corrected chi connectivity index (χ3v) is 3.45. The van der Waals surface area contributed by atoms with Crippen LogP contribution in [0.3, 0.4) is 0 Å². The number of aryl methyl sites for hydroxylation is 2. The monoisotopic (exact) mass is 263 g/mol. The van der Waals surface area contributed by atoms with Crippen molar-refractivity contribution in [2.24, 2.45) is 0 Å². The standard InChI is InChI=1S/C18H17NO/c1-13-7-8-18(14(2)11-13)20-12-15-9-10-19-17-6-4-3-5-16(15)17/h3-11H,12H2,1-2H3. The molecule has 0 unspecified atom stereocenters. The molecule has 0 aliphatic heterocycles. The zero-order chi connectivity index (χ0) is 13.9. The maximum Gasteiger partial charge on any atom is 0.122 e. The van der Waals surface area contributed by atoms with Gasteiger partial charge in [0, 0.05) is 17.1 Å². The van der Waals surface area contributed by atoms with Gasteiger partial charge in [0.25, 0.3) is 0 Å². The Labute approximate surface area is 119 Å². The first-order chi connectivity index (χ1) is 9.74. The molecule has 0 fully saturated rings. The van der Waals surface area contributed by atoms with Gasteiger partial charge in [-0.25, -0.2) is 0 Å². The van der Waals surface area contributed by atoms with E-state index in [1.54, 1.807) is 0 Å². The number of benzene rings is 2. The molecule has 100 valence electrons. The number of aromatic nitrogens is 1. The maximum absolute atomic E-state index is 5.96. The Morgan fingerprint density at radius 3 is 2.70 bits per heavy atom. The average Bonchev–Trinajstić information content (AvgIpc) is 2.46. The van der Waals surface area contributed by atoms with Gasteiger partial charge in [-0.15, -0.1) is 0 Å². The maximum atomic E-state index is 5.96. The molecule has 0 spiro atoms. The second-order valence-electron chi connectivity index (χ2n) is 5.04. The van der Waals surface area contributed by atoms with Crippen molar-refractivity contribution in [1.82, 2.24) is 4.98 Å². The van der Waals surface area contributed by atoms with E-state index in [1.165, 1.54) is 11.1 Å². The Morgan fingerprint density at radius 1 is 1.00 bits per heavy atom. The van der Waals surface area contributed by atoms with Crippen LogP contribution in [0, 0.1) is 13.8 Å². The van der Waals surface area contributed by atoms with Gasteiger partial charge < -0.3 is 4.74 Å². The van der Waals surface area contributed by atoms with Crippen LogP contribution >= 0.6 is 0 Å². The molecular formula is C18H17NO. The Kier molecular flexibility index (Phi) is 3.38. The van der Waals surface area contributed by atoms with Crippen molar-refractivity contribution in [1.29, 1.82) is 0 Å². The van der Waals surface area contributed by atoms with E-state index in [4.69, 9.17) is 4.74 Å². The Bertz CT molecular complexity index is 744. The van der Waals surface area contributed by atoms with Gasteiger partial charge in [0.2, 0.25) is 0 Å². The number of hydrogen-bond donors (Lipinski definition) is 0. The number of ether oxygens (including phenoxy) is 1. The van der Waals surface area contributed by atoms with Crippen LogP contribution in [0.2, 0.25) is 0 Å². The lowest BCUT2D eigenvalue weighted by Gasteiger charge is -2.11. The second kappa shape index (κ2) is 5.33. The minimum absolute atomic E-state index is 0.562. The summed E-state index contributed by atoms with van der Waals surface area (Å²) in [5.74, 6) is 0.941. The molecule has 0 aliphatic carbocycles. The Morgan fingerprint density at radius 2 is 1.85 bits per heavy atom. The van der Waals surface area contributed by atoms with Crippen molar-refractivity contribution in [2.75, 3.05) is 0 Å². The molecule has 1 heterocycles. The van der Waals surface area contributed by atoms with Crippen molar-refractivity contribution in [2.45, 2.75) is 20.5 Å². The first kappa shape index (κ1) is 12.7. The molecule has 1 aromatic heterocycles. The predicted octanol–water partition coefficient (Wildman–Crippen LogP) is 4.43. The van der Waals surface area contributed by atoms with Crippen LogP contribution in [0.25, 0.3) is 10.9 Å². The molecule has 0 aliphatic rings. The van der Waals surface area contributed by atoms with Crippen LogP contribution in [0.15, 0.2) is 54.7 Å². The van der Waals surface area contributed by atoms with E-state index >= 15 is 0 Å². The lowest BCUT2D eigenvalue weighted by molar-refractivity contribution is 0.305. The lowest BCUT2D eigenvalue weighted by Crippen LogP contribution is -1.98. The van der Waals surface area contributed by atoms with E-state index in [-0.39, 0.29) is 0 Å². The van der Waals surface area contributed by atoms with E-state index in [2.05, 4.69) is 37.0 Å². The van der Waals surface area contributed by atoms with Crippen molar-refractivity contribution >= 4 is 10.9 Å². The van der Waals surface area contributed by atoms with Gasteiger partial charge in [-0.1, -0.05) is 35.9 Å².